The van der Waals surface area contributed by atoms with Crippen LogP contribution in [0.4, 0.5) is 0 Å². The largest absolute Gasteiger partial charge is 0.389 e. The SMILES string of the molecule is CN(C)CCNCC(O)COC1CCCCC1. The molecule has 0 aromatic heterocycles. The van der Waals surface area contributed by atoms with Crippen LogP contribution in [-0.4, -0.2) is 62.6 Å². The first kappa shape index (κ1) is 14.9. The molecule has 1 aliphatic carbocycles. The van der Waals surface area contributed by atoms with Crippen molar-refractivity contribution in [3.05, 3.63) is 0 Å². The third-order valence-electron chi connectivity index (χ3n) is 3.19. The van der Waals surface area contributed by atoms with Gasteiger partial charge in [-0.15, -0.1) is 0 Å². The Morgan fingerprint density at radius 1 is 1.29 bits per heavy atom. The Kier molecular flexibility index (Phi) is 7.77. The Balaban J connectivity index is 1.94. The highest BCUT2D eigenvalue weighted by Gasteiger charge is 2.15. The van der Waals surface area contributed by atoms with E-state index in [1.807, 2.05) is 14.1 Å². The van der Waals surface area contributed by atoms with E-state index in [-0.39, 0.29) is 6.10 Å². The number of likely N-dealkylation sites (N-methyl/N-ethyl adjacent to an activating group) is 1. The lowest BCUT2D eigenvalue weighted by molar-refractivity contribution is -0.0229. The lowest BCUT2D eigenvalue weighted by Crippen LogP contribution is -2.35. The summed E-state index contributed by atoms with van der Waals surface area (Å²) in [6.45, 7) is 3.00. The van der Waals surface area contributed by atoms with Gasteiger partial charge in [-0.25, -0.2) is 0 Å². The number of nitrogens with zero attached hydrogens (tertiary/aromatic N) is 1. The van der Waals surface area contributed by atoms with Crippen LogP contribution in [0.25, 0.3) is 0 Å². The zero-order chi connectivity index (χ0) is 12.5. The van der Waals surface area contributed by atoms with Gasteiger partial charge in [0.1, 0.15) is 0 Å². The quantitative estimate of drug-likeness (QED) is 0.621. The van der Waals surface area contributed by atoms with Crippen LogP contribution >= 0.6 is 0 Å². The second-order valence-corrected chi connectivity index (χ2v) is 5.25. The zero-order valence-electron chi connectivity index (χ0n) is 11.3. The highest BCUT2D eigenvalue weighted by Crippen LogP contribution is 2.20. The minimum absolute atomic E-state index is 0.376. The molecule has 1 saturated carbocycles. The molecule has 4 nitrogen and oxygen atoms in total. The Bertz CT molecular complexity index is 182. The van der Waals surface area contributed by atoms with E-state index in [4.69, 9.17) is 4.74 Å². The molecule has 1 fully saturated rings. The second-order valence-electron chi connectivity index (χ2n) is 5.25. The molecular weight excluding hydrogens is 216 g/mol. The monoisotopic (exact) mass is 244 g/mol. The summed E-state index contributed by atoms with van der Waals surface area (Å²) in [5, 5.41) is 13.0. The Hall–Kier alpha value is -0.160. The molecule has 1 atom stereocenters. The molecule has 0 amide bonds. The van der Waals surface area contributed by atoms with Gasteiger partial charge in [-0.3, -0.25) is 0 Å². The Labute approximate surface area is 105 Å². The maximum atomic E-state index is 9.74. The molecule has 2 N–H and O–H groups in total. The van der Waals surface area contributed by atoms with E-state index < -0.39 is 0 Å². The lowest BCUT2D eigenvalue weighted by Gasteiger charge is -2.23. The normalized spacial score (nSPS) is 19.8. The van der Waals surface area contributed by atoms with E-state index in [2.05, 4.69) is 10.2 Å². The van der Waals surface area contributed by atoms with Crippen LogP contribution in [-0.2, 0) is 4.74 Å². The fourth-order valence-electron chi connectivity index (χ4n) is 2.11. The van der Waals surface area contributed by atoms with Crippen LogP contribution in [0, 0.1) is 0 Å². The molecule has 0 bridgehead atoms. The van der Waals surface area contributed by atoms with Gasteiger partial charge in [0.2, 0.25) is 0 Å². The summed E-state index contributed by atoms with van der Waals surface area (Å²) in [5.41, 5.74) is 0. The average molecular weight is 244 g/mol. The topological polar surface area (TPSA) is 44.7 Å². The molecule has 0 spiro atoms. The summed E-state index contributed by atoms with van der Waals surface area (Å²) in [6, 6.07) is 0. The minimum atomic E-state index is -0.376. The van der Waals surface area contributed by atoms with E-state index >= 15 is 0 Å². The van der Waals surface area contributed by atoms with Gasteiger partial charge >= 0.3 is 0 Å². The maximum Gasteiger partial charge on any atom is 0.0897 e. The van der Waals surface area contributed by atoms with Crippen molar-refractivity contribution in [2.45, 2.75) is 44.3 Å². The van der Waals surface area contributed by atoms with Crippen LogP contribution < -0.4 is 5.32 Å². The summed E-state index contributed by atoms with van der Waals surface area (Å²) in [6.07, 6.45) is 6.25. The molecule has 1 rings (SSSR count). The molecule has 0 radical (unpaired) electrons. The first-order valence-corrected chi connectivity index (χ1v) is 6.83. The van der Waals surface area contributed by atoms with Gasteiger partial charge in [0.05, 0.1) is 18.8 Å². The fourth-order valence-corrected chi connectivity index (χ4v) is 2.11. The molecular formula is C13H28N2O2. The minimum Gasteiger partial charge on any atom is -0.389 e. The molecule has 0 aromatic rings. The van der Waals surface area contributed by atoms with Crippen LogP contribution in [0.2, 0.25) is 0 Å². The summed E-state index contributed by atoms with van der Waals surface area (Å²) in [5.74, 6) is 0. The number of rotatable bonds is 8. The van der Waals surface area contributed by atoms with Crippen molar-refractivity contribution in [1.29, 1.82) is 0 Å². The standard InChI is InChI=1S/C13H28N2O2/c1-15(2)9-8-14-10-12(16)11-17-13-6-4-3-5-7-13/h12-14,16H,3-11H2,1-2H3. The van der Waals surface area contributed by atoms with Crippen molar-refractivity contribution < 1.29 is 9.84 Å². The Morgan fingerprint density at radius 2 is 2.00 bits per heavy atom. The predicted molar refractivity (Wildman–Crippen MR) is 70.3 cm³/mol. The van der Waals surface area contributed by atoms with Crippen LogP contribution in [0.3, 0.4) is 0 Å². The third kappa shape index (κ3) is 7.71. The van der Waals surface area contributed by atoms with E-state index in [9.17, 15) is 5.11 Å². The molecule has 102 valence electrons. The summed E-state index contributed by atoms with van der Waals surface area (Å²) in [7, 11) is 4.09. The number of hydrogen-bond donors (Lipinski definition) is 2. The third-order valence-corrected chi connectivity index (χ3v) is 3.19. The van der Waals surface area contributed by atoms with Crippen molar-refractivity contribution in [2.24, 2.45) is 0 Å². The van der Waals surface area contributed by atoms with E-state index in [0.29, 0.717) is 19.3 Å². The second kappa shape index (κ2) is 8.86. The van der Waals surface area contributed by atoms with Crippen molar-refractivity contribution in [3.63, 3.8) is 0 Å². The molecule has 0 saturated heterocycles. The fraction of sp³-hybridized carbons (Fsp3) is 1.00. The first-order chi connectivity index (χ1) is 8.18. The molecule has 0 heterocycles. The van der Waals surface area contributed by atoms with Crippen molar-refractivity contribution in [2.75, 3.05) is 40.3 Å². The maximum absolute atomic E-state index is 9.74. The van der Waals surface area contributed by atoms with Gasteiger partial charge in [0.25, 0.3) is 0 Å². The van der Waals surface area contributed by atoms with Crippen LogP contribution in [0.5, 0.6) is 0 Å². The van der Waals surface area contributed by atoms with Crippen molar-refractivity contribution >= 4 is 0 Å². The van der Waals surface area contributed by atoms with Gasteiger partial charge in [-0.2, -0.15) is 0 Å². The molecule has 1 unspecified atom stereocenters. The van der Waals surface area contributed by atoms with Crippen molar-refractivity contribution in [3.8, 4) is 0 Å². The number of aliphatic hydroxyl groups excluding tert-OH is 1. The summed E-state index contributed by atoms with van der Waals surface area (Å²) >= 11 is 0. The van der Waals surface area contributed by atoms with Gasteiger partial charge in [-0.05, 0) is 26.9 Å². The summed E-state index contributed by atoms with van der Waals surface area (Å²) < 4.78 is 5.72. The predicted octanol–water partition coefficient (Wildman–Crippen LogP) is 0.848. The van der Waals surface area contributed by atoms with E-state index in [1.54, 1.807) is 0 Å². The molecule has 0 aromatic carbocycles. The van der Waals surface area contributed by atoms with Gasteiger partial charge in [-0.1, -0.05) is 19.3 Å². The highest BCUT2D eigenvalue weighted by molar-refractivity contribution is 4.67. The van der Waals surface area contributed by atoms with Gasteiger partial charge in [0.15, 0.2) is 0 Å². The van der Waals surface area contributed by atoms with Gasteiger partial charge < -0.3 is 20.1 Å². The number of aliphatic hydroxyl groups is 1. The summed E-state index contributed by atoms with van der Waals surface area (Å²) in [4.78, 5) is 2.12. The van der Waals surface area contributed by atoms with Crippen LogP contribution in [0.1, 0.15) is 32.1 Å². The van der Waals surface area contributed by atoms with Crippen LogP contribution in [0.15, 0.2) is 0 Å². The average Bonchev–Trinajstić information content (AvgIpc) is 2.33. The first-order valence-electron chi connectivity index (χ1n) is 6.83. The number of ether oxygens (including phenoxy) is 1. The lowest BCUT2D eigenvalue weighted by atomic mass is 9.98. The highest BCUT2D eigenvalue weighted by atomic mass is 16.5. The Morgan fingerprint density at radius 3 is 2.65 bits per heavy atom. The zero-order valence-corrected chi connectivity index (χ0v) is 11.3. The number of nitrogens with one attached hydrogen (secondary N) is 1. The molecule has 0 aliphatic heterocycles. The smallest absolute Gasteiger partial charge is 0.0897 e. The van der Waals surface area contributed by atoms with Crippen molar-refractivity contribution in [1.82, 2.24) is 10.2 Å². The van der Waals surface area contributed by atoms with E-state index in [0.717, 1.165) is 13.1 Å². The van der Waals surface area contributed by atoms with E-state index in [1.165, 1.54) is 32.1 Å². The molecule has 1 aliphatic rings. The van der Waals surface area contributed by atoms with Gasteiger partial charge in [0, 0.05) is 19.6 Å². The molecule has 4 heteroatoms. The number of hydrogen-bond acceptors (Lipinski definition) is 4. The molecule has 17 heavy (non-hydrogen) atoms.